The number of ether oxygens (including phenoxy) is 1. The normalized spacial score (nSPS) is 14.8. The predicted octanol–water partition coefficient (Wildman–Crippen LogP) is 4.24. The second-order valence-corrected chi connectivity index (χ2v) is 8.83. The molecule has 0 aromatic heterocycles. The molecule has 0 atom stereocenters. The molecule has 0 unspecified atom stereocenters. The Balaban J connectivity index is 1.38. The van der Waals surface area contributed by atoms with Crippen molar-refractivity contribution < 1.29 is 9.53 Å². The third-order valence-corrected chi connectivity index (χ3v) is 6.14. The molecule has 0 radical (unpaired) electrons. The number of carbonyl (C=O) groups is 1. The lowest BCUT2D eigenvalue weighted by atomic mass is 9.90. The van der Waals surface area contributed by atoms with Crippen molar-refractivity contribution in [3.63, 3.8) is 0 Å². The molecule has 0 bridgehead atoms. The monoisotopic (exact) mass is 423 g/mol. The maximum absolute atomic E-state index is 12.5. The number of nitrogens with zero attached hydrogens (tertiary/aromatic N) is 2. The molecule has 0 spiro atoms. The van der Waals surface area contributed by atoms with Crippen LogP contribution in [0.1, 0.15) is 35.1 Å². The second-order valence-electron chi connectivity index (χ2n) is 8.83. The first-order valence-electron chi connectivity index (χ1n) is 11.4. The van der Waals surface area contributed by atoms with Crippen molar-refractivity contribution in [2.24, 2.45) is 5.92 Å². The van der Waals surface area contributed by atoms with Crippen LogP contribution in [0.2, 0.25) is 0 Å². The lowest BCUT2D eigenvalue weighted by Crippen LogP contribution is -2.44. The van der Waals surface area contributed by atoms with Gasteiger partial charge < -0.3 is 15.0 Å². The van der Waals surface area contributed by atoms with E-state index < -0.39 is 0 Å². The van der Waals surface area contributed by atoms with Crippen molar-refractivity contribution in [3.05, 3.63) is 70.8 Å². The average molecular weight is 424 g/mol. The highest BCUT2D eigenvalue weighted by Gasteiger charge is 2.22. The van der Waals surface area contributed by atoms with Crippen molar-refractivity contribution in [2.75, 3.05) is 40.4 Å². The summed E-state index contributed by atoms with van der Waals surface area (Å²) in [6, 6.07) is 17.4. The molecule has 1 aliphatic rings. The molecule has 1 heterocycles. The number of methoxy groups -OCH3 is 1. The largest absolute Gasteiger partial charge is 0.383 e. The standard InChI is InChI=1S/C26H37N3O2/c1-21-4-6-24(7-5-21)19-27-26(30)29-14-12-23(13-15-29)18-22-8-10-25(11-9-22)20-28(2)16-17-31-3/h4-11,23H,12-20H2,1-3H3,(H,27,30). The molecule has 2 aromatic rings. The van der Waals surface area contributed by atoms with E-state index in [-0.39, 0.29) is 6.03 Å². The van der Waals surface area contributed by atoms with E-state index in [2.05, 4.69) is 72.7 Å². The summed E-state index contributed by atoms with van der Waals surface area (Å²) in [6.07, 6.45) is 3.23. The summed E-state index contributed by atoms with van der Waals surface area (Å²) in [4.78, 5) is 16.7. The third kappa shape index (κ3) is 7.67. The number of amides is 2. The Hall–Kier alpha value is -2.37. The topological polar surface area (TPSA) is 44.8 Å². The molecule has 1 fully saturated rings. The molecular formula is C26H37N3O2. The maximum Gasteiger partial charge on any atom is 0.317 e. The first kappa shape index (κ1) is 23.3. The van der Waals surface area contributed by atoms with E-state index in [1.54, 1.807) is 7.11 Å². The van der Waals surface area contributed by atoms with E-state index in [0.29, 0.717) is 12.5 Å². The van der Waals surface area contributed by atoms with Gasteiger partial charge in [-0.05, 0) is 55.8 Å². The van der Waals surface area contributed by atoms with Crippen molar-refractivity contribution in [2.45, 2.75) is 39.3 Å². The predicted molar refractivity (Wildman–Crippen MR) is 126 cm³/mol. The Labute approximate surface area is 187 Å². The van der Waals surface area contributed by atoms with E-state index in [0.717, 1.165) is 57.6 Å². The van der Waals surface area contributed by atoms with E-state index in [1.165, 1.54) is 16.7 Å². The number of nitrogens with one attached hydrogen (secondary N) is 1. The number of rotatable bonds is 9. The highest BCUT2D eigenvalue weighted by molar-refractivity contribution is 5.74. The van der Waals surface area contributed by atoms with Gasteiger partial charge in [0.2, 0.25) is 0 Å². The number of piperidine rings is 1. The van der Waals surface area contributed by atoms with Gasteiger partial charge in [0.05, 0.1) is 6.61 Å². The van der Waals surface area contributed by atoms with Gasteiger partial charge in [0.1, 0.15) is 0 Å². The number of hydrogen-bond acceptors (Lipinski definition) is 3. The zero-order chi connectivity index (χ0) is 22.1. The van der Waals surface area contributed by atoms with E-state index in [9.17, 15) is 4.79 Å². The minimum Gasteiger partial charge on any atom is -0.383 e. The fraction of sp³-hybridized carbons (Fsp3) is 0.500. The molecule has 1 saturated heterocycles. The molecular weight excluding hydrogens is 386 g/mol. The van der Waals surface area contributed by atoms with Crippen LogP contribution >= 0.6 is 0 Å². The minimum absolute atomic E-state index is 0.0565. The van der Waals surface area contributed by atoms with Crippen LogP contribution in [0.25, 0.3) is 0 Å². The van der Waals surface area contributed by atoms with Gasteiger partial charge in [-0.1, -0.05) is 54.1 Å². The van der Waals surface area contributed by atoms with Gasteiger partial charge >= 0.3 is 6.03 Å². The summed E-state index contributed by atoms with van der Waals surface area (Å²) in [5.74, 6) is 0.649. The summed E-state index contributed by atoms with van der Waals surface area (Å²) in [7, 11) is 3.86. The van der Waals surface area contributed by atoms with Gasteiger partial charge in [-0.25, -0.2) is 4.79 Å². The van der Waals surface area contributed by atoms with Crippen LogP contribution in [-0.2, 0) is 24.2 Å². The molecule has 3 rings (SSSR count). The first-order chi connectivity index (χ1) is 15.0. The molecule has 1 N–H and O–H groups in total. The number of aryl methyl sites for hydroxylation is 1. The zero-order valence-corrected chi connectivity index (χ0v) is 19.3. The average Bonchev–Trinajstić information content (AvgIpc) is 2.79. The SMILES string of the molecule is COCCN(C)Cc1ccc(CC2CCN(C(=O)NCc3ccc(C)cc3)CC2)cc1. The van der Waals surface area contributed by atoms with Crippen LogP contribution < -0.4 is 5.32 Å². The zero-order valence-electron chi connectivity index (χ0n) is 19.3. The Morgan fingerprint density at radius 3 is 2.29 bits per heavy atom. The first-order valence-corrected chi connectivity index (χ1v) is 11.4. The summed E-state index contributed by atoms with van der Waals surface area (Å²) >= 11 is 0. The summed E-state index contributed by atoms with van der Waals surface area (Å²) in [6.45, 7) is 6.99. The Morgan fingerprint density at radius 2 is 1.65 bits per heavy atom. The van der Waals surface area contributed by atoms with Gasteiger partial charge in [0.25, 0.3) is 0 Å². The molecule has 31 heavy (non-hydrogen) atoms. The van der Waals surface area contributed by atoms with E-state index >= 15 is 0 Å². The van der Waals surface area contributed by atoms with Crippen LogP contribution in [-0.4, -0.2) is 56.2 Å². The summed E-state index contributed by atoms with van der Waals surface area (Å²) < 4.78 is 5.14. The molecule has 2 aromatic carbocycles. The number of carbonyl (C=O) groups excluding carboxylic acids is 1. The molecule has 5 heteroatoms. The second kappa shape index (κ2) is 11.9. The highest BCUT2D eigenvalue weighted by Crippen LogP contribution is 2.22. The number of benzene rings is 2. The van der Waals surface area contributed by atoms with Gasteiger partial charge in [0, 0.05) is 39.8 Å². The van der Waals surface area contributed by atoms with Crippen molar-refractivity contribution in [3.8, 4) is 0 Å². The molecule has 5 nitrogen and oxygen atoms in total. The lowest BCUT2D eigenvalue weighted by molar-refractivity contribution is 0.158. The van der Waals surface area contributed by atoms with Gasteiger partial charge in [0.15, 0.2) is 0 Å². The molecule has 0 saturated carbocycles. The number of likely N-dealkylation sites (tertiary alicyclic amines) is 1. The lowest BCUT2D eigenvalue weighted by Gasteiger charge is -2.32. The van der Waals surface area contributed by atoms with Crippen LogP contribution in [0.3, 0.4) is 0 Å². The van der Waals surface area contributed by atoms with Crippen molar-refractivity contribution >= 4 is 6.03 Å². The Bertz CT molecular complexity index is 796. The molecule has 1 aliphatic heterocycles. The van der Waals surface area contributed by atoms with Crippen molar-refractivity contribution in [1.29, 1.82) is 0 Å². The van der Waals surface area contributed by atoms with Crippen LogP contribution in [0.5, 0.6) is 0 Å². The fourth-order valence-electron chi connectivity index (χ4n) is 4.09. The fourth-order valence-corrected chi connectivity index (χ4v) is 4.09. The Morgan fingerprint density at radius 1 is 1.03 bits per heavy atom. The van der Waals surface area contributed by atoms with Gasteiger partial charge in [-0.2, -0.15) is 0 Å². The van der Waals surface area contributed by atoms with E-state index in [4.69, 9.17) is 4.74 Å². The van der Waals surface area contributed by atoms with Gasteiger partial charge in [-0.15, -0.1) is 0 Å². The number of hydrogen-bond donors (Lipinski definition) is 1. The quantitative estimate of drug-likeness (QED) is 0.656. The highest BCUT2D eigenvalue weighted by atomic mass is 16.5. The molecule has 168 valence electrons. The van der Waals surface area contributed by atoms with Crippen molar-refractivity contribution in [1.82, 2.24) is 15.1 Å². The third-order valence-electron chi connectivity index (χ3n) is 6.14. The van der Waals surface area contributed by atoms with Crippen LogP contribution in [0, 0.1) is 12.8 Å². The molecule has 2 amide bonds. The molecule has 0 aliphatic carbocycles. The van der Waals surface area contributed by atoms with Gasteiger partial charge in [-0.3, -0.25) is 4.90 Å². The summed E-state index contributed by atoms with van der Waals surface area (Å²) in [5.41, 5.74) is 5.11. The van der Waals surface area contributed by atoms with E-state index in [1.807, 2.05) is 4.90 Å². The van der Waals surface area contributed by atoms with Crippen LogP contribution in [0.4, 0.5) is 4.79 Å². The smallest absolute Gasteiger partial charge is 0.317 e. The number of likely N-dealkylation sites (N-methyl/N-ethyl adjacent to an activating group) is 1. The Kier molecular flexibility index (Phi) is 8.92. The maximum atomic E-state index is 12.5. The van der Waals surface area contributed by atoms with Crippen LogP contribution in [0.15, 0.2) is 48.5 Å². The minimum atomic E-state index is 0.0565. The summed E-state index contributed by atoms with van der Waals surface area (Å²) in [5, 5.41) is 3.06. The number of urea groups is 1.